The van der Waals surface area contributed by atoms with Gasteiger partial charge in [-0.1, -0.05) is 22.0 Å². The van der Waals surface area contributed by atoms with Gasteiger partial charge in [0.05, 0.1) is 0 Å². The molecule has 5 nitrogen and oxygen atoms in total. The van der Waals surface area contributed by atoms with E-state index in [1.165, 1.54) is 12.4 Å². The van der Waals surface area contributed by atoms with E-state index < -0.39 is 0 Å². The van der Waals surface area contributed by atoms with Crippen molar-refractivity contribution >= 4 is 21.8 Å². The first kappa shape index (κ1) is 12.5. The molecule has 92 valence electrons. The first-order chi connectivity index (χ1) is 8.58. The Balaban J connectivity index is 2.40. The maximum atomic E-state index is 7.42. The molecule has 2 aromatic rings. The minimum atomic E-state index is -0.175. The van der Waals surface area contributed by atoms with Crippen molar-refractivity contribution < 1.29 is 4.74 Å². The number of hydrogen-bond donors (Lipinski definition) is 2. The topological polar surface area (TPSA) is 84.9 Å². The van der Waals surface area contributed by atoms with Gasteiger partial charge in [-0.05, 0) is 24.6 Å². The van der Waals surface area contributed by atoms with Gasteiger partial charge in [-0.3, -0.25) is 5.41 Å². The molecule has 1 heterocycles. The van der Waals surface area contributed by atoms with Crippen molar-refractivity contribution in [3.8, 4) is 11.6 Å². The molecule has 0 saturated heterocycles. The smallest absolute Gasteiger partial charge is 0.249 e. The van der Waals surface area contributed by atoms with Gasteiger partial charge >= 0.3 is 0 Å². The van der Waals surface area contributed by atoms with E-state index in [1.807, 2.05) is 25.1 Å². The quantitative estimate of drug-likeness (QED) is 0.674. The molecule has 2 rings (SSSR count). The van der Waals surface area contributed by atoms with Gasteiger partial charge in [0, 0.05) is 16.9 Å². The van der Waals surface area contributed by atoms with Crippen molar-refractivity contribution in [1.29, 1.82) is 5.41 Å². The molecule has 0 atom stereocenters. The largest absolute Gasteiger partial charge is 0.437 e. The summed E-state index contributed by atoms with van der Waals surface area (Å²) in [7, 11) is 0. The van der Waals surface area contributed by atoms with Crippen molar-refractivity contribution in [3.05, 3.63) is 46.3 Å². The number of hydrogen-bond acceptors (Lipinski definition) is 4. The summed E-state index contributed by atoms with van der Waals surface area (Å²) in [6.07, 6.45) is 2.96. The lowest BCUT2D eigenvalue weighted by molar-refractivity contribution is 0.455. The molecule has 0 aliphatic carbocycles. The first-order valence-electron chi connectivity index (χ1n) is 5.17. The summed E-state index contributed by atoms with van der Waals surface area (Å²) < 4.78 is 6.56. The van der Waals surface area contributed by atoms with E-state index in [4.69, 9.17) is 15.9 Å². The highest BCUT2D eigenvalue weighted by molar-refractivity contribution is 9.10. The standard InChI is InChI=1S/C12H11BrN4O/c1-7-2-3-8(13)6-9(7)18-12-10(11(14)15)16-4-5-17-12/h2-6H,1H3,(H3,14,15). The second kappa shape index (κ2) is 5.14. The van der Waals surface area contributed by atoms with Crippen LogP contribution in [0, 0.1) is 12.3 Å². The maximum absolute atomic E-state index is 7.42. The fraction of sp³-hybridized carbons (Fsp3) is 0.0833. The number of aromatic nitrogens is 2. The van der Waals surface area contributed by atoms with E-state index >= 15 is 0 Å². The van der Waals surface area contributed by atoms with Gasteiger partial charge in [0.15, 0.2) is 5.69 Å². The van der Waals surface area contributed by atoms with Gasteiger partial charge in [-0.2, -0.15) is 0 Å². The molecule has 18 heavy (non-hydrogen) atoms. The van der Waals surface area contributed by atoms with Crippen molar-refractivity contribution in [2.24, 2.45) is 5.73 Å². The third-order valence-electron chi connectivity index (χ3n) is 2.28. The van der Waals surface area contributed by atoms with Crippen LogP contribution in [0.4, 0.5) is 0 Å². The predicted molar refractivity (Wildman–Crippen MR) is 72.0 cm³/mol. The molecular weight excluding hydrogens is 296 g/mol. The minimum absolute atomic E-state index is 0.175. The fourth-order valence-corrected chi connectivity index (χ4v) is 1.71. The summed E-state index contributed by atoms with van der Waals surface area (Å²) in [5.74, 6) is 0.698. The average Bonchev–Trinajstić information content (AvgIpc) is 2.34. The van der Waals surface area contributed by atoms with Gasteiger partial charge in [0.2, 0.25) is 5.88 Å². The molecule has 0 aliphatic heterocycles. The van der Waals surface area contributed by atoms with Gasteiger partial charge in [-0.15, -0.1) is 0 Å². The van der Waals surface area contributed by atoms with Crippen molar-refractivity contribution in [2.75, 3.05) is 0 Å². The Labute approximate surface area is 113 Å². The average molecular weight is 307 g/mol. The lowest BCUT2D eigenvalue weighted by Gasteiger charge is -2.10. The molecule has 0 saturated carbocycles. The van der Waals surface area contributed by atoms with E-state index in [-0.39, 0.29) is 17.4 Å². The number of nitrogen functional groups attached to an aromatic ring is 1. The van der Waals surface area contributed by atoms with E-state index in [2.05, 4.69) is 25.9 Å². The Morgan fingerprint density at radius 1 is 1.33 bits per heavy atom. The molecule has 3 N–H and O–H groups in total. The summed E-state index contributed by atoms with van der Waals surface area (Å²) >= 11 is 3.37. The molecule has 0 fully saturated rings. The molecular formula is C12H11BrN4O. The number of aryl methyl sites for hydroxylation is 1. The first-order valence-corrected chi connectivity index (χ1v) is 5.96. The Kier molecular flexibility index (Phi) is 3.57. The zero-order valence-electron chi connectivity index (χ0n) is 9.64. The monoisotopic (exact) mass is 306 g/mol. The molecule has 1 aromatic heterocycles. The molecule has 0 bridgehead atoms. The van der Waals surface area contributed by atoms with E-state index in [1.54, 1.807) is 0 Å². The van der Waals surface area contributed by atoms with Crippen LogP contribution < -0.4 is 10.5 Å². The summed E-state index contributed by atoms with van der Waals surface area (Å²) in [6, 6.07) is 5.67. The van der Waals surface area contributed by atoms with Crippen molar-refractivity contribution in [3.63, 3.8) is 0 Å². The number of halogens is 1. The molecule has 0 spiro atoms. The molecule has 0 unspecified atom stereocenters. The number of nitrogens with two attached hydrogens (primary N) is 1. The van der Waals surface area contributed by atoms with E-state index in [0.717, 1.165) is 10.0 Å². The van der Waals surface area contributed by atoms with Crippen LogP contribution in [-0.2, 0) is 0 Å². The van der Waals surface area contributed by atoms with Crippen LogP contribution in [0.15, 0.2) is 35.1 Å². The Hall–Kier alpha value is -1.95. The number of nitrogens with zero attached hydrogens (tertiary/aromatic N) is 2. The number of nitrogens with one attached hydrogen (secondary N) is 1. The second-order valence-electron chi connectivity index (χ2n) is 3.64. The number of ether oxygens (including phenoxy) is 1. The summed E-state index contributed by atoms with van der Waals surface area (Å²) in [5, 5.41) is 7.42. The number of amidine groups is 1. The summed E-state index contributed by atoms with van der Waals surface area (Å²) in [4.78, 5) is 8.02. The van der Waals surface area contributed by atoms with Crippen LogP contribution in [0.1, 0.15) is 11.3 Å². The van der Waals surface area contributed by atoms with E-state index in [9.17, 15) is 0 Å². The Bertz CT molecular complexity index is 600. The highest BCUT2D eigenvalue weighted by Crippen LogP contribution is 2.27. The molecule has 0 aliphatic rings. The molecule has 0 radical (unpaired) electrons. The third-order valence-corrected chi connectivity index (χ3v) is 2.77. The number of rotatable bonds is 3. The van der Waals surface area contributed by atoms with Crippen LogP contribution in [0.2, 0.25) is 0 Å². The predicted octanol–water partition coefficient (Wildman–Crippen LogP) is 2.62. The second-order valence-corrected chi connectivity index (χ2v) is 4.55. The molecule has 1 aromatic carbocycles. The lowest BCUT2D eigenvalue weighted by Crippen LogP contribution is -2.15. The van der Waals surface area contributed by atoms with Crippen LogP contribution in [-0.4, -0.2) is 15.8 Å². The van der Waals surface area contributed by atoms with Crippen LogP contribution in [0.3, 0.4) is 0 Å². The molecule has 0 amide bonds. The summed E-state index contributed by atoms with van der Waals surface area (Å²) in [5.41, 5.74) is 6.62. The van der Waals surface area contributed by atoms with Crippen molar-refractivity contribution in [1.82, 2.24) is 9.97 Å². The van der Waals surface area contributed by atoms with Crippen molar-refractivity contribution in [2.45, 2.75) is 6.92 Å². The fourth-order valence-electron chi connectivity index (χ4n) is 1.37. The maximum Gasteiger partial charge on any atom is 0.249 e. The SMILES string of the molecule is Cc1ccc(Br)cc1Oc1nccnc1C(=N)N. The summed E-state index contributed by atoms with van der Waals surface area (Å²) in [6.45, 7) is 1.92. The lowest BCUT2D eigenvalue weighted by atomic mass is 10.2. The zero-order chi connectivity index (χ0) is 13.1. The Morgan fingerprint density at radius 2 is 2.06 bits per heavy atom. The van der Waals surface area contributed by atoms with Crippen LogP contribution >= 0.6 is 15.9 Å². The zero-order valence-corrected chi connectivity index (χ0v) is 11.2. The Morgan fingerprint density at radius 3 is 2.78 bits per heavy atom. The van der Waals surface area contributed by atoms with Gasteiger partial charge in [0.1, 0.15) is 11.6 Å². The molecule has 6 heteroatoms. The van der Waals surface area contributed by atoms with Gasteiger partial charge in [0.25, 0.3) is 0 Å². The van der Waals surface area contributed by atoms with Crippen LogP contribution in [0.25, 0.3) is 0 Å². The highest BCUT2D eigenvalue weighted by atomic mass is 79.9. The van der Waals surface area contributed by atoms with Crippen LogP contribution in [0.5, 0.6) is 11.6 Å². The minimum Gasteiger partial charge on any atom is -0.437 e. The van der Waals surface area contributed by atoms with E-state index in [0.29, 0.717) is 5.75 Å². The third kappa shape index (κ3) is 2.65. The normalized spacial score (nSPS) is 10.1. The highest BCUT2D eigenvalue weighted by Gasteiger charge is 2.11. The number of benzene rings is 1. The van der Waals surface area contributed by atoms with Gasteiger partial charge < -0.3 is 10.5 Å². The van der Waals surface area contributed by atoms with Gasteiger partial charge in [-0.25, -0.2) is 9.97 Å².